The Kier molecular flexibility index (Phi) is 4.66. The van der Waals surface area contributed by atoms with Gasteiger partial charge in [-0.2, -0.15) is 0 Å². The van der Waals surface area contributed by atoms with E-state index in [4.69, 9.17) is 0 Å². The molecule has 0 aromatic heterocycles. The molecule has 0 fully saturated rings. The summed E-state index contributed by atoms with van der Waals surface area (Å²) in [6.07, 6.45) is 0. The highest BCUT2D eigenvalue weighted by atomic mass is 16.2. The summed E-state index contributed by atoms with van der Waals surface area (Å²) in [6.45, 7) is 2.71. The molecule has 2 aliphatic heterocycles. The molecule has 5 rings (SSSR count). The SMILES string of the molecule is CCN1C(=O)c2ccccc2[C@@H](CN2C(=O)c3ccccc3C2=O)[C@@H]1c1ccccc1. The van der Waals surface area contributed by atoms with Crippen molar-refractivity contribution in [3.05, 3.63) is 107 Å². The van der Waals surface area contributed by atoms with Crippen molar-refractivity contribution in [3.8, 4) is 0 Å². The first-order valence-electron chi connectivity index (χ1n) is 10.5. The lowest BCUT2D eigenvalue weighted by Gasteiger charge is -2.43. The van der Waals surface area contributed by atoms with Gasteiger partial charge in [0.15, 0.2) is 0 Å². The highest BCUT2D eigenvalue weighted by Crippen LogP contribution is 2.43. The van der Waals surface area contributed by atoms with Gasteiger partial charge in [0.1, 0.15) is 0 Å². The number of amides is 3. The zero-order chi connectivity index (χ0) is 21.5. The number of imide groups is 1. The molecular formula is C26H22N2O3. The summed E-state index contributed by atoms with van der Waals surface area (Å²) in [6, 6.07) is 24.1. The van der Waals surface area contributed by atoms with Crippen molar-refractivity contribution in [1.82, 2.24) is 9.80 Å². The Hall–Kier alpha value is -3.73. The summed E-state index contributed by atoms with van der Waals surface area (Å²) in [5.41, 5.74) is 3.39. The molecule has 0 saturated carbocycles. The number of rotatable bonds is 4. The molecule has 0 N–H and O–H groups in total. The number of hydrogen-bond donors (Lipinski definition) is 0. The second kappa shape index (κ2) is 7.51. The number of carbonyl (C=O) groups is 3. The van der Waals surface area contributed by atoms with Crippen LogP contribution in [0.2, 0.25) is 0 Å². The molecule has 154 valence electrons. The molecule has 0 spiro atoms. The van der Waals surface area contributed by atoms with Crippen molar-refractivity contribution in [2.75, 3.05) is 13.1 Å². The Bertz CT molecular complexity index is 1150. The highest BCUT2D eigenvalue weighted by molar-refractivity contribution is 6.21. The Balaban J connectivity index is 1.62. The maximum Gasteiger partial charge on any atom is 0.261 e. The van der Waals surface area contributed by atoms with Gasteiger partial charge in [-0.05, 0) is 36.2 Å². The van der Waals surface area contributed by atoms with Crippen LogP contribution >= 0.6 is 0 Å². The van der Waals surface area contributed by atoms with Crippen LogP contribution in [-0.4, -0.2) is 40.6 Å². The van der Waals surface area contributed by atoms with Crippen LogP contribution in [0.1, 0.15) is 61.1 Å². The van der Waals surface area contributed by atoms with Gasteiger partial charge in [0, 0.05) is 24.6 Å². The van der Waals surface area contributed by atoms with E-state index in [1.807, 2.05) is 66.4 Å². The Morgan fingerprint density at radius 3 is 1.84 bits per heavy atom. The van der Waals surface area contributed by atoms with E-state index in [1.54, 1.807) is 24.3 Å². The van der Waals surface area contributed by atoms with Gasteiger partial charge in [0.05, 0.1) is 17.2 Å². The zero-order valence-corrected chi connectivity index (χ0v) is 17.2. The lowest BCUT2D eigenvalue weighted by Crippen LogP contribution is -2.46. The lowest BCUT2D eigenvalue weighted by molar-refractivity contribution is 0.0545. The van der Waals surface area contributed by atoms with Gasteiger partial charge in [-0.1, -0.05) is 60.7 Å². The van der Waals surface area contributed by atoms with Crippen LogP contribution in [0.5, 0.6) is 0 Å². The molecular weight excluding hydrogens is 388 g/mol. The molecule has 0 radical (unpaired) electrons. The minimum absolute atomic E-state index is 0.0226. The van der Waals surface area contributed by atoms with Crippen molar-refractivity contribution in [3.63, 3.8) is 0 Å². The number of hydrogen-bond acceptors (Lipinski definition) is 3. The number of benzene rings is 3. The van der Waals surface area contributed by atoms with Crippen LogP contribution in [-0.2, 0) is 0 Å². The number of nitrogens with zero attached hydrogens (tertiary/aromatic N) is 2. The topological polar surface area (TPSA) is 57.7 Å². The molecule has 3 amide bonds. The van der Waals surface area contributed by atoms with E-state index < -0.39 is 0 Å². The minimum atomic E-state index is -0.273. The van der Waals surface area contributed by atoms with Crippen LogP contribution in [0, 0.1) is 0 Å². The van der Waals surface area contributed by atoms with Crippen LogP contribution in [0.25, 0.3) is 0 Å². The molecule has 0 saturated heterocycles. The fraction of sp³-hybridized carbons (Fsp3) is 0.192. The predicted octanol–water partition coefficient (Wildman–Crippen LogP) is 4.28. The summed E-state index contributed by atoms with van der Waals surface area (Å²) in [7, 11) is 0. The quantitative estimate of drug-likeness (QED) is 0.603. The summed E-state index contributed by atoms with van der Waals surface area (Å²) in [5, 5.41) is 0. The molecule has 5 nitrogen and oxygen atoms in total. The van der Waals surface area contributed by atoms with Crippen LogP contribution in [0.4, 0.5) is 0 Å². The summed E-state index contributed by atoms with van der Waals surface area (Å²) in [5.74, 6) is -0.793. The molecule has 0 aliphatic carbocycles. The fourth-order valence-electron chi connectivity index (χ4n) is 4.89. The first-order chi connectivity index (χ1) is 15.1. The number of likely N-dealkylation sites (N-methyl/N-ethyl adjacent to an activating group) is 1. The molecule has 3 aromatic rings. The van der Waals surface area contributed by atoms with E-state index in [1.165, 1.54) is 4.90 Å². The first-order valence-corrected chi connectivity index (χ1v) is 10.5. The first kappa shape index (κ1) is 19.2. The molecule has 2 heterocycles. The van der Waals surface area contributed by atoms with Gasteiger partial charge in [-0.15, -0.1) is 0 Å². The van der Waals surface area contributed by atoms with E-state index in [9.17, 15) is 14.4 Å². The molecule has 0 bridgehead atoms. The Morgan fingerprint density at radius 1 is 0.677 bits per heavy atom. The normalized spacial score (nSPS) is 20.1. The molecule has 0 unspecified atom stereocenters. The standard InChI is InChI=1S/C26H22N2O3/c1-2-27-23(17-10-4-3-5-11-17)22(18-12-6-7-13-19(18)24(27)29)16-28-25(30)20-14-8-9-15-21(20)26(28)31/h3-15,22-23H,2,16H2,1H3/t22-,23+/m1/s1. The number of carbonyl (C=O) groups excluding carboxylic acids is 3. The third kappa shape index (κ3) is 2.96. The molecule has 31 heavy (non-hydrogen) atoms. The fourth-order valence-corrected chi connectivity index (χ4v) is 4.89. The maximum absolute atomic E-state index is 13.3. The van der Waals surface area contributed by atoms with E-state index in [0.717, 1.165) is 11.1 Å². The third-order valence-corrected chi connectivity index (χ3v) is 6.31. The van der Waals surface area contributed by atoms with E-state index in [0.29, 0.717) is 23.2 Å². The van der Waals surface area contributed by atoms with Crippen molar-refractivity contribution in [1.29, 1.82) is 0 Å². The Morgan fingerprint density at radius 2 is 1.23 bits per heavy atom. The zero-order valence-electron chi connectivity index (χ0n) is 17.2. The van der Waals surface area contributed by atoms with E-state index >= 15 is 0 Å². The van der Waals surface area contributed by atoms with Gasteiger partial charge in [0.25, 0.3) is 17.7 Å². The lowest BCUT2D eigenvalue weighted by atomic mass is 9.79. The maximum atomic E-state index is 13.3. The van der Waals surface area contributed by atoms with Gasteiger partial charge in [-0.3, -0.25) is 19.3 Å². The van der Waals surface area contributed by atoms with Gasteiger partial charge in [0.2, 0.25) is 0 Å². The molecule has 3 aromatic carbocycles. The Labute approximate surface area is 180 Å². The van der Waals surface area contributed by atoms with Crippen LogP contribution < -0.4 is 0 Å². The van der Waals surface area contributed by atoms with E-state index in [-0.39, 0.29) is 36.2 Å². The highest BCUT2D eigenvalue weighted by Gasteiger charge is 2.44. The average Bonchev–Trinajstić information content (AvgIpc) is 3.06. The second-order valence-corrected chi connectivity index (χ2v) is 7.91. The van der Waals surface area contributed by atoms with Crippen LogP contribution in [0.15, 0.2) is 78.9 Å². The summed E-state index contributed by atoms with van der Waals surface area (Å²) >= 11 is 0. The van der Waals surface area contributed by atoms with Crippen molar-refractivity contribution < 1.29 is 14.4 Å². The van der Waals surface area contributed by atoms with Gasteiger partial charge in [-0.25, -0.2) is 0 Å². The van der Waals surface area contributed by atoms with E-state index in [2.05, 4.69) is 0 Å². The van der Waals surface area contributed by atoms with Crippen molar-refractivity contribution >= 4 is 17.7 Å². The van der Waals surface area contributed by atoms with Crippen molar-refractivity contribution in [2.24, 2.45) is 0 Å². The summed E-state index contributed by atoms with van der Waals surface area (Å²) in [4.78, 5) is 42.6. The second-order valence-electron chi connectivity index (χ2n) is 7.91. The molecule has 2 atom stereocenters. The molecule has 2 aliphatic rings. The summed E-state index contributed by atoms with van der Waals surface area (Å²) < 4.78 is 0. The number of fused-ring (bicyclic) bond motifs is 2. The monoisotopic (exact) mass is 410 g/mol. The van der Waals surface area contributed by atoms with Crippen LogP contribution in [0.3, 0.4) is 0 Å². The minimum Gasteiger partial charge on any atom is -0.331 e. The molecule has 5 heteroatoms. The van der Waals surface area contributed by atoms with Gasteiger partial charge >= 0.3 is 0 Å². The average molecular weight is 410 g/mol. The smallest absolute Gasteiger partial charge is 0.261 e. The van der Waals surface area contributed by atoms with Crippen molar-refractivity contribution in [2.45, 2.75) is 18.9 Å². The largest absolute Gasteiger partial charge is 0.331 e. The predicted molar refractivity (Wildman–Crippen MR) is 117 cm³/mol. The third-order valence-electron chi connectivity index (χ3n) is 6.31. The van der Waals surface area contributed by atoms with Gasteiger partial charge < -0.3 is 4.90 Å².